The second-order valence-electron chi connectivity index (χ2n) is 6.71. The van der Waals surface area contributed by atoms with Crippen molar-refractivity contribution >= 4 is 23.3 Å². The first kappa shape index (κ1) is 18.8. The second-order valence-corrected chi connectivity index (χ2v) is 6.71. The number of rotatable bonds is 5. The highest BCUT2D eigenvalue weighted by atomic mass is 16.2. The van der Waals surface area contributed by atoms with Crippen LogP contribution in [0.5, 0.6) is 0 Å². The number of nitrogens with one attached hydrogen (secondary N) is 3. The Labute approximate surface area is 138 Å². The summed E-state index contributed by atoms with van der Waals surface area (Å²) < 4.78 is 0. The zero-order chi connectivity index (χ0) is 17.6. The molecule has 3 N–H and O–H groups in total. The Hall–Kier alpha value is -2.24. The number of carbonyl (C=O) groups is 2. The molecule has 6 nitrogen and oxygen atoms in total. The number of urea groups is 1. The van der Waals surface area contributed by atoms with Crippen LogP contribution in [0.1, 0.15) is 44.5 Å². The molecule has 128 valence electrons. The van der Waals surface area contributed by atoms with E-state index >= 15 is 0 Å². The first-order valence-corrected chi connectivity index (χ1v) is 7.82. The molecule has 0 fully saturated rings. The first-order valence-electron chi connectivity index (χ1n) is 7.82. The quantitative estimate of drug-likeness (QED) is 0.781. The average Bonchev–Trinajstić information content (AvgIpc) is 2.42. The highest BCUT2D eigenvalue weighted by Gasteiger charge is 2.16. The third-order valence-corrected chi connectivity index (χ3v) is 3.00. The average molecular weight is 320 g/mol. The van der Waals surface area contributed by atoms with Gasteiger partial charge in [0.05, 0.1) is 5.56 Å². The van der Waals surface area contributed by atoms with E-state index in [1.807, 2.05) is 52.8 Å². The Kier molecular flexibility index (Phi) is 6.42. The van der Waals surface area contributed by atoms with E-state index in [0.717, 1.165) is 12.1 Å². The normalized spacial score (nSPS) is 10.9. The van der Waals surface area contributed by atoms with Gasteiger partial charge < -0.3 is 20.9 Å². The molecule has 1 rings (SSSR count). The molecule has 6 heteroatoms. The van der Waals surface area contributed by atoms with E-state index in [1.165, 1.54) is 0 Å². The van der Waals surface area contributed by atoms with Crippen molar-refractivity contribution in [1.82, 2.24) is 10.6 Å². The third-order valence-electron chi connectivity index (χ3n) is 3.00. The molecule has 0 saturated carbocycles. The molecule has 0 saturated heterocycles. The van der Waals surface area contributed by atoms with Crippen molar-refractivity contribution in [3.63, 3.8) is 0 Å². The minimum Gasteiger partial charge on any atom is -0.377 e. The maximum atomic E-state index is 12.3. The lowest BCUT2D eigenvalue weighted by atomic mass is 10.1. The van der Waals surface area contributed by atoms with Crippen LogP contribution in [-0.2, 0) is 0 Å². The smallest absolute Gasteiger partial charge is 0.319 e. The molecule has 1 aromatic carbocycles. The lowest BCUT2D eigenvalue weighted by molar-refractivity contribution is 0.0954. The van der Waals surface area contributed by atoms with Gasteiger partial charge >= 0.3 is 6.03 Å². The molecule has 0 bridgehead atoms. The maximum absolute atomic E-state index is 12.3. The highest BCUT2D eigenvalue weighted by molar-refractivity contribution is 6.01. The van der Waals surface area contributed by atoms with Crippen LogP contribution in [0.2, 0.25) is 0 Å². The van der Waals surface area contributed by atoms with Gasteiger partial charge in [-0.25, -0.2) is 4.79 Å². The highest BCUT2D eigenvalue weighted by Crippen LogP contribution is 2.23. The second kappa shape index (κ2) is 7.85. The van der Waals surface area contributed by atoms with Crippen LogP contribution in [0.3, 0.4) is 0 Å². The van der Waals surface area contributed by atoms with E-state index in [-0.39, 0.29) is 17.5 Å². The molecule has 3 amide bonds. The summed E-state index contributed by atoms with van der Waals surface area (Å²) in [5.74, 6) is -0.143. The van der Waals surface area contributed by atoms with Crippen LogP contribution in [0.4, 0.5) is 16.2 Å². The van der Waals surface area contributed by atoms with Gasteiger partial charge in [-0.3, -0.25) is 4.79 Å². The summed E-state index contributed by atoms with van der Waals surface area (Å²) in [5, 5.41) is 8.46. The number of hydrogen-bond donors (Lipinski definition) is 3. The summed E-state index contributed by atoms with van der Waals surface area (Å²) in [4.78, 5) is 26.2. The SMILES string of the molecule is CCCNC(=O)c1cc(NC(=O)NC(C)(C)C)ccc1N(C)C. The summed E-state index contributed by atoms with van der Waals surface area (Å²) in [6.07, 6.45) is 0.870. The Morgan fingerprint density at radius 1 is 1.17 bits per heavy atom. The summed E-state index contributed by atoms with van der Waals surface area (Å²) >= 11 is 0. The molecule has 0 radical (unpaired) electrons. The van der Waals surface area contributed by atoms with E-state index < -0.39 is 0 Å². The summed E-state index contributed by atoms with van der Waals surface area (Å²) in [6, 6.07) is 5.01. The van der Waals surface area contributed by atoms with E-state index in [2.05, 4.69) is 16.0 Å². The zero-order valence-corrected chi connectivity index (χ0v) is 14.9. The Balaban J connectivity index is 2.99. The molecule has 0 aromatic heterocycles. The fraction of sp³-hybridized carbons (Fsp3) is 0.529. The van der Waals surface area contributed by atoms with Crippen molar-refractivity contribution in [1.29, 1.82) is 0 Å². The van der Waals surface area contributed by atoms with Crippen molar-refractivity contribution in [2.24, 2.45) is 0 Å². The fourth-order valence-corrected chi connectivity index (χ4v) is 2.02. The molecular weight excluding hydrogens is 292 g/mol. The molecular formula is C17H28N4O2. The Morgan fingerprint density at radius 2 is 1.83 bits per heavy atom. The van der Waals surface area contributed by atoms with Gasteiger partial charge in [0.2, 0.25) is 0 Å². The van der Waals surface area contributed by atoms with E-state index in [4.69, 9.17) is 0 Å². The van der Waals surface area contributed by atoms with Crippen molar-refractivity contribution < 1.29 is 9.59 Å². The van der Waals surface area contributed by atoms with Crippen LogP contribution in [0.25, 0.3) is 0 Å². The topological polar surface area (TPSA) is 73.5 Å². The number of hydrogen-bond acceptors (Lipinski definition) is 3. The predicted octanol–water partition coefficient (Wildman–Crippen LogP) is 2.81. The minimum atomic E-state index is -0.324. The maximum Gasteiger partial charge on any atom is 0.319 e. The molecule has 23 heavy (non-hydrogen) atoms. The van der Waals surface area contributed by atoms with Crippen LogP contribution >= 0.6 is 0 Å². The van der Waals surface area contributed by atoms with Gasteiger partial charge in [-0.15, -0.1) is 0 Å². The molecule has 0 aliphatic rings. The largest absolute Gasteiger partial charge is 0.377 e. The molecule has 1 aromatic rings. The summed E-state index contributed by atoms with van der Waals surface area (Å²) in [6.45, 7) is 8.35. The lowest BCUT2D eigenvalue weighted by Gasteiger charge is -2.22. The summed E-state index contributed by atoms with van der Waals surface area (Å²) in [7, 11) is 3.76. The predicted molar refractivity (Wildman–Crippen MR) is 95.3 cm³/mol. The molecule has 0 aliphatic heterocycles. The van der Waals surface area contributed by atoms with E-state index in [9.17, 15) is 9.59 Å². The molecule has 0 atom stereocenters. The Morgan fingerprint density at radius 3 is 2.35 bits per heavy atom. The summed E-state index contributed by atoms with van der Waals surface area (Å²) in [5.41, 5.74) is 1.60. The fourth-order valence-electron chi connectivity index (χ4n) is 2.02. The van der Waals surface area contributed by atoms with Gasteiger partial charge in [-0.05, 0) is 45.4 Å². The van der Waals surface area contributed by atoms with Gasteiger partial charge in [0.15, 0.2) is 0 Å². The molecule has 0 unspecified atom stereocenters. The number of nitrogens with zero attached hydrogens (tertiary/aromatic N) is 1. The van der Waals surface area contributed by atoms with Gasteiger partial charge in [0.25, 0.3) is 5.91 Å². The minimum absolute atomic E-state index is 0.143. The van der Waals surface area contributed by atoms with E-state index in [1.54, 1.807) is 12.1 Å². The van der Waals surface area contributed by atoms with E-state index in [0.29, 0.717) is 17.8 Å². The standard InChI is InChI=1S/C17H28N4O2/c1-7-10-18-15(22)13-11-12(8-9-14(13)21(5)6)19-16(23)20-17(2,3)4/h8-9,11H,7,10H2,1-6H3,(H,18,22)(H2,19,20,23). The number of amides is 3. The third kappa shape index (κ3) is 6.18. The van der Waals surface area contributed by atoms with Crippen molar-refractivity contribution in [2.45, 2.75) is 39.7 Å². The van der Waals surface area contributed by atoms with Gasteiger partial charge in [0, 0.05) is 37.6 Å². The monoisotopic (exact) mass is 320 g/mol. The Bertz CT molecular complexity index is 562. The van der Waals surface area contributed by atoms with Crippen LogP contribution in [0.15, 0.2) is 18.2 Å². The van der Waals surface area contributed by atoms with Gasteiger partial charge in [0.1, 0.15) is 0 Å². The van der Waals surface area contributed by atoms with Gasteiger partial charge in [-0.2, -0.15) is 0 Å². The van der Waals surface area contributed by atoms with Crippen LogP contribution in [0, 0.1) is 0 Å². The molecule has 0 heterocycles. The number of anilines is 2. The lowest BCUT2D eigenvalue weighted by Crippen LogP contribution is -2.43. The molecule has 0 aliphatic carbocycles. The van der Waals surface area contributed by atoms with Crippen molar-refractivity contribution in [3.05, 3.63) is 23.8 Å². The first-order chi connectivity index (χ1) is 10.6. The number of benzene rings is 1. The van der Waals surface area contributed by atoms with Gasteiger partial charge in [-0.1, -0.05) is 6.92 Å². The molecule has 0 spiro atoms. The van der Waals surface area contributed by atoms with Crippen LogP contribution in [-0.4, -0.2) is 38.1 Å². The zero-order valence-electron chi connectivity index (χ0n) is 14.9. The van der Waals surface area contributed by atoms with Crippen molar-refractivity contribution in [3.8, 4) is 0 Å². The van der Waals surface area contributed by atoms with Crippen LogP contribution < -0.4 is 20.9 Å². The number of carbonyl (C=O) groups excluding carboxylic acids is 2. The van der Waals surface area contributed by atoms with Crippen molar-refractivity contribution in [2.75, 3.05) is 30.9 Å².